The second-order valence-corrected chi connectivity index (χ2v) is 8.85. The summed E-state index contributed by atoms with van der Waals surface area (Å²) in [6, 6.07) is 9.78. The van der Waals surface area contributed by atoms with Gasteiger partial charge in [0.15, 0.2) is 0 Å². The summed E-state index contributed by atoms with van der Waals surface area (Å²) in [4.78, 5) is 16.4. The van der Waals surface area contributed by atoms with Crippen LogP contribution in [0.5, 0.6) is 11.6 Å². The van der Waals surface area contributed by atoms with E-state index in [1.807, 2.05) is 13.0 Å². The lowest BCUT2D eigenvalue weighted by molar-refractivity contribution is -0.121. The fraction of sp³-hybridized carbons (Fsp3) is 0.429. The van der Waals surface area contributed by atoms with Crippen molar-refractivity contribution in [3.63, 3.8) is 0 Å². The molecule has 0 atom stereocenters. The standard InChI is InChI=1S/C21H27N3O5S/c1-2-28-18-6-8-19(9-7-18)30(26,27)24-12-11-20(25)22-13-17-5-10-21(23-14-17)29-15-16-3-4-16/h5-10,14,16,24H,2-4,11-13,15H2,1H3,(H,22,25). The highest BCUT2D eigenvalue weighted by Crippen LogP contribution is 2.29. The van der Waals surface area contributed by atoms with Crippen LogP contribution in [-0.4, -0.2) is 39.1 Å². The number of ether oxygens (including phenoxy) is 2. The topological polar surface area (TPSA) is 107 Å². The van der Waals surface area contributed by atoms with Crippen LogP contribution < -0.4 is 19.5 Å². The molecule has 0 radical (unpaired) electrons. The Bertz CT molecular complexity index is 926. The largest absolute Gasteiger partial charge is 0.494 e. The van der Waals surface area contributed by atoms with Crippen molar-refractivity contribution in [2.24, 2.45) is 5.92 Å². The quantitative estimate of drug-likeness (QED) is 0.532. The van der Waals surface area contributed by atoms with E-state index in [0.29, 0.717) is 37.3 Å². The molecule has 3 rings (SSSR count). The second-order valence-electron chi connectivity index (χ2n) is 7.09. The van der Waals surface area contributed by atoms with Gasteiger partial charge in [0.05, 0.1) is 18.1 Å². The minimum atomic E-state index is -3.68. The number of carbonyl (C=O) groups is 1. The van der Waals surface area contributed by atoms with Crippen LogP contribution in [0.15, 0.2) is 47.5 Å². The SMILES string of the molecule is CCOc1ccc(S(=O)(=O)NCCC(=O)NCc2ccc(OCC3CC3)nc2)cc1. The summed E-state index contributed by atoms with van der Waals surface area (Å²) in [5.74, 6) is 1.60. The molecule has 1 aliphatic carbocycles. The van der Waals surface area contributed by atoms with Gasteiger partial charge in [-0.05, 0) is 55.5 Å². The van der Waals surface area contributed by atoms with Crippen molar-refractivity contribution < 1.29 is 22.7 Å². The van der Waals surface area contributed by atoms with Gasteiger partial charge in [-0.3, -0.25) is 4.79 Å². The van der Waals surface area contributed by atoms with Gasteiger partial charge in [0, 0.05) is 31.8 Å². The number of rotatable bonds is 12. The van der Waals surface area contributed by atoms with E-state index in [1.54, 1.807) is 24.4 Å². The Morgan fingerprint density at radius 2 is 1.90 bits per heavy atom. The van der Waals surface area contributed by atoms with E-state index in [1.165, 1.54) is 25.0 Å². The summed E-state index contributed by atoms with van der Waals surface area (Å²) in [5, 5.41) is 2.76. The van der Waals surface area contributed by atoms with E-state index in [-0.39, 0.29) is 23.8 Å². The van der Waals surface area contributed by atoms with Gasteiger partial charge in [0.1, 0.15) is 5.75 Å². The lowest BCUT2D eigenvalue weighted by atomic mass is 10.3. The smallest absolute Gasteiger partial charge is 0.240 e. The molecule has 8 nitrogen and oxygen atoms in total. The lowest BCUT2D eigenvalue weighted by Crippen LogP contribution is -2.30. The highest BCUT2D eigenvalue weighted by molar-refractivity contribution is 7.89. The van der Waals surface area contributed by atoms with Crippen LogP contribution in [0.25, 0.3) is 0 Å². The molecule has 0 bridgehead atoms. The van der Waals surface area contributed by atoms with Crippen molar-refractivity contribution >= 4 is 15.9 Å². The number of nitrogens with one attached hydrogen (secondary N) is 2. The first-order valence-electron chi connectivity index (χ1n) is 10.0. The molecule has 1 fully saturated rings. The third kappa shape index (κ3) is 7.00. The number of benzene rings is 1. The van der Waals surface area contributed by atoms with Gasteiger partial charge in [-0.15, -0.1) is 0 Å². The summed E-state index contributed by atoms with van der Waals surface area (Å²) in [6.45, 7) is 3.39. The zero-order valence-corrected chi connectivity index (χ0v) is 17.8. The fourth-order valence-corrected chi connectivity index (χ4v) is 3.67. The molecule has 0 spiro atoms. The van der Waals surface area contributed by atoms with E-state index < -0.39 is 10.0 Å². The Kier molecular flexibility index (Phi) is 7.64. The Balaban J connectivity index is 1.37. The first-order chi connectivity index (χ1) is 14.5. The third-order valence-electron chi connectivity index (χ3n) is 4.54. The van der Waals surface area contributed by atoms with Gasteiger partial charge in [-0.2, -0.15) is 0 Å². The second kappa shape index (κ2) is 10.4. The van der Waals surface area contributed by atoms with Crippen LogP contribution >= 0.6 is 0 Å². The molecule has 1 amide bonds. The zero-order valence-electron chi connectivity index (χ0n) is 17.0. The maximum absolute atomic E-state index is 12.3. The van der Waals surface area contributed by atoms with Gasteiger partial charge < -0.3 is 14.8 Å². The Morgan fingerprint density at radius 3 is 2.53 bits per heavy atom. The normalized spacial score (nSPS) is 13.6. The molecule has 30 heavy (non-hydrogen) atoms. The average molecular weight is 434 g/mol. The number of carbonyl (C=O) groups excluding carboxylic acids is 1. The summed E-state index contributed by atoms with van der Waals surface area (Å²) < 4.78 is 37.9. The van der Waals surface area contributed by atoms with Crippen LogP contribution in [0.2, 0.25) is 0 Å². The van der Waals surface area contributed by atoms with Crippen LogP contribution in [0.3, 0.4) is 0 Å². The molecule has 2 aromatic rings. The molecule has 1 aromatic carbocycles. The molecule has 2 N–H and O–H groups in total. The van der Waals surface area contributed by atoms with Crippen molar-refractivity contribution in [1.29, 1.82) is 0 Å². The maximum atomic E-state index is 12.3. The average Bonchev–Trinajstić information content (AvgIpc) is 3.57. The molecule has 0 aliphatic heterocycles. The number of aromatic nitrogens is 1. The molecule has 9 heteroatoms. The fourth-order valence-electron chi connectivity index (χ4n) is 2.64. The van der Waals surface area contributed by atoms with Crippen LogP contribution in [0.1, 0.15) is 31.7 Å². The number of pyridine rings is 1. The maximum Gasteiger partial charge on any atom is 0.240 e. The molecule has 1 aromatic heterocycles. The molecule has 1 heterocycles. The number of amides is 1. The van der Waals surface area contributed by atoms with E-state index >= 15 is 0 Å². The minimum Gasteiger partial charge on any atom is -0.494 e. The highest BCUT2D eigenvalue weighted by atomic mass is 32.2. The number of hydrogen-bond acceptors (Lipinski definition) is 6. The van der Waals surface area contributed by atoms with E-state index in [0.717, 1.165) is 5.56 Å². The number of nitrogens with zero attached hydrogens (tertiary/aromatic N) is 1. The van der Waals surface area contributed by atoms with E-state index in [4.69, 9.17) is 9.47 Å². The Morgan fingerprint density at radius 1 is 1.13 bits per heavy atom. The predicted octanol–water partition coefficient (Wildman–Crippen LogP) is 2.25. The first-order valence-corrected chi connectivity index (χ1v) is 11.5. The van der Waals surface area contributed by atoms with Gasteiger partial charge in [-0.1, -0.05) is 6.07 Å². The monoisotopic (exact) mass is 433 g/mol. The molecular formula is C21H27N3O5S. The lowest BCUT2D eigenvalue weighted by Gasteiger charge is -2.09. The molecule has 1 saturated carbocycles. The van der Waals surface area contributed by atoms with Crippen molar-refractivity contribution in [2.45, 2.75) is 37.6 Å². The van der Waals surface area contributed by atoms with Crippen LogP contribution in [0, 0.1) is 5.92 Å². The molecule has 162 valence electrons. The van der Waals surface area contributed by atoms with E-state index in [9.17, 15) is 13.2 Å². The van der Waals surface area contributed by atoms with Gasteiger partial charge >= 0.3 is 0 Å². The van der Waals surface area contributed by atoms with Gasteiger partial charge in [-0.25, -0.2) is 18.1 Å². The Labute approximate surface area is 177 Å². The van der Waals surface area contributed by atoms with Crippen LogP contribution in [-0.2, 0) is 21.4 Å². The van der Waals surface area contributed by atoms with Crippen LogP contribution in [0.4, 0.5) is 0 Å². The van der Waals surface area contributed by atoms with Crippen molar-refractivity contribution in [3.8, 4) is 11.6 Å². The molecule has 1 aliphatic rings. The summed E-state index contributed by atoms with van der Waals surface area (Å²) >= 11 is 0. The number of hydrogen-bond donors (Lipinski definition) is 2. The molecule has 0 saturated heterocycles. The Hall–Kier alpha value is -2.65. The first kappa shape index (κ1) is 22.0. The summed E-state index contributed by atoms with van der Waals surface area (Å²) in [7, 11) is -3.68. The number of sulfonamides is 1. The highest BCUT2D eigenvalue weighted by Gasteiger charge is 2.22. The predicted molar refractivity (Wildman–Crippen MR) is 112 cm³/mol. The summed E-state index contributed by atoms with van der Waals surface area (Å²) in [6.07, 6.45) is 4.14. The van der Waals surface area contributed by atoms with Gasteiger partial charge in [0.25, 0.3) is 0 Å². The van der Waals surface area contributed by atoms with E-state index in [2.05, 4.69) is 15.0 Å². The summed E-state index contributed by atoms with van der Waals surface area (Å²) in [5.41, 5.74) is 0.845. The molecule has 0 unspecified atom stereocenters. The van der Waals surface area contributed by atoms with Gasteiger partial charge in [0.2, 0.25) is 21.8 Å². The van der Waals surface area contributed by atoms with Crippen molar-refractivity contribution in [1.82, 2.24) is 15.0 Å². The van der Waals surface area contributed by atoms with Crippen molar-refractivity contribution in [3.05, 3.63) is 48.2 Å². The van der Waals surface area contributed by atoms with Crippen molar-refractivity contribution in [2.75, 3.05) is 19.8 Å². The molecular weight excluding hydrogens is 406 g/mol. The third-order valence-corrected chi connectivity index (χ3v) is 6.02. The zero-order chi connectivity index (χ0) is 21.4. The minimum absolute atomic E-state index is 0.00751.